The highest BCUT2D eigenvalue weighted by molar-refractivity contribution is 6.42. The monoisotopic (exact) mass is 315 g/mol. The summed E-state index contributed by atoms with van der Waals surface area (Å²) < 4.78 is 0. The van der Waals surface area contributed by atoms with Crippen molar-refractivity contribution in [2.24, 2.45) is 5.92 Å². The predicted molar refractivity (Wildman–Crippen MR) is 85.9 cm³/mol. The quantitative estimate of drug-likeness (QED) is 0.744. The van der Waals surface area contributed by atoms with Crippen LogP contribution in [0.25, 0.3) is 0 Å². The first-order chi connectivity index (χ1) is 11.2. The van der Waals surface area contributed by atoms with Gasteiger partial charge in [-0.05, 0) is 50.4 Å². The number of amides is 3. The number of benzene rings is 1. The number of nitrogens with one attached hydrogen (secondary N) is 2. The predicted octanol–water partition coefficient (Wildman–Crippen LogP) is 0.608. The number of aryl methyl sites for hydroxylation is 1. The third kappa shape index (κ3) is 3.42. The van der Waals surface area contributed by atoms with Gasteiger partial charge in [-0.3, -0.25) is 19.7 Å². The summed E-state index contributed by atoms with van der Waals surface area (Å²) in [5.74, 6) is -2.01. The molecule has 0 aliphatic carbocycles. The molecule has 0 bridgehead atoms. The number of hydrogen-bond donors (Lipinski definition) is 2. The molecule has 1 aromatic carbocycles. The minimum atomic E-state index is -0.828. The van der Waals surface area contributed by atoms with Crippen molar-refractivity contribution in [2.75, 3.05) is 24.5 Å². The average Bonchev–Trinajstić information content (AvgIpc) is 2.61. The number of imide groups is 1. The van der Waals surface area contributed by atoms with Crippen molar-refractivity contribution < 1.29 is 14.4 Å². The zero-order valence-electron chi connectivity index (χ0n) is 13.0. The Morgan fingerprint density at radius 3 is 2.65 bits per heavy atom. The largest absolute Gasteiger partial charge is 0.317 e. The van der Waals surface area contributed by atoms with E-state index in [0.29, 0.717) is 19.4 Å². The van der Waals surface area contributed by atoms with E-state index in [2.05, 4.69) is 10.6 Å². The van der Waals surface area contributed by atoms with Gasteiger partial charge in [-0.1, -0.05) is 18.2 Å². The van der Waals surface area contributed by atoms with Crippen molar-refractivity contribution in [1.29, 1.82) is 0 Å². The standard InChI is InChI=1S/C17H21N3O3/c21-15(13-7-9-18-10-8-13)19-16(22)17(23)20-11-3-5-12-4-1-2-6-14(12)20/h1-2,4,6,13,18H,3,5,7-11H2,(H,19,21,22). The summed E-state index contributed by atoms with van der Waals surface area (Å²) >= 11 is 0. The molecule has 1 fully saturated rings. The van der Waals surface area contributed by atoms with E-state index in [1.54, 1.807) is 0 Å². The van der Waals surface area contributed by atoms with Crippen molar-refractivity contribution in [3.05, 3.63) is 29.8 Å². The molecule has 122 valence electrons. The zero-order chi connectivity index (χ0) is 16.2. The Balaban J connectivity index is 1.66. The van der Waals surface area contributed by atoms with E-state index < -0.39 is 11.8 Å². The van der Waals surface area contributed by atoms with Crippen LogP contribution in [0.3, 0.4) is 0 Å². The molecule has 23 heavy (non-hydrogen) atoms. The molecule has 2 heterocycles. The van der Waals surface area contributed by atoms with Gasteiger partial charge in [0.15, 0.2) is 0 Å². The fraction of sp³-hybridized carbons (Fsp3) is 0.471. The molecule has 6 heteroatoms. The van der Waals surface area contributed by atoms with Gasteiger partial charge in [0.2, 0.25) is 5.91 Å². The fourth-order valence-electron chi connectivity index (χ4n) is 3.22. The summed E-state index contributed by atoms with van der Waals surface area (Å²) in [6.07, 6.45) is 3.10. The highest BCUT2D eigenvalue weighted by Gasteiger charge is 2.30. The van der Waals surface area contributed by atoms with Crippen LogP contribution >= 0.6 is 0 Å². The first-order valence-corrected chi connectivity index (χ1v) is 8.12. The highest BCUT2D eigenvalue weighted by atomic mass is 16.2. The molecular formula is C17H21N3O3. The van der Waals surface area contributed by atoms with E-state index in [4.69, 9.17) is 0 Å². The second kappa shape index (κ2) is 6.91. The minimum absolute atomic E-state index is 0.193. The molecule has 0 aromatic heterocycles. The lowest BCUT2D eigenvalue weighted by atomic mass is 9.97. The summed E-state index contributed by atoms with van der Waals surface area (Å²) in [5.41, 5.74) is 1.83. The van der Waals surface area contributed by atoms with Crippen molar-refractivity contribution in [1.82, 2.24) is 10.6 Å². The van der Waals surface area contributed by atoms with Gasteiger partial charge in [0.25, 0.3) is 0 Å². The maximum atomic E-state index is 12.4. The molecular weight excluding hydrogens is 294 g/mol. The second-order valence-corrected chi connectivity index (χ2v) is 6.03. The van der Waals surface area contributed by atoms with Crippen LogP contribution in [0.1, 0.15) is 24.8 Å². The van der Waals surface area contributed by atoms with E-state index in [1.165, 1.54) is 4.90 Å². The molecule has 2 N–H and O–H groups in total. The molecule has 2 aliphatic rings. The topological polar surface area (TPSA) is 78.5 Å². The van der Waals surface area contributed by atoms with Gasteiger partial charge in [0, 0.05) is 18.2 Å². The van der Waals surface area contributed by atoms with Crippen LogP contribution in [0, 0.1) is 5.92 Å². The van der Waals surface area contributed by atoms with Gasteiger partial charge in [-0.2, -0.15) is 0 Å². The SMILES string of the molecule is O=C(NC(=O)C1CCNCC1)C(=O)N1CCCc2ccccc21. The molecule has 0 unspecified atom stereocenters. The minimum Gasteiger partial charge on any atom is -0.317 e. The highest BCUT2D eigenvalue weighted by Crippen LogP contribution is 2.26. The number of hydrogen-bond acceptors (Lipinski definition) is 4. The van der Waals surface area contributed by atoms with Crippen LogP contribution in [0.4, 0.5) is 5.69 Å². The van der Waals surface area contributed by atoms with E-state index in [0.717, 1.165) is 37.2 Å². The zero-order valence-corrected chi connectivity index (χ0v) is 13.0. The Labute approximate surface area is 135 Å². The van der Waals surface area contributed by atoms with Gasteiger partial charge < -0.3 is 10.2 Å². The van der Waals surface area contributed by atoms with E-state index >= 15 is 0 Å². The first kappa shape index (κ1) is 15.7. The lowest BCUT2D eigenvalue weighted by Gasteiger charge is -2.29. The van der Waals surface area contributed by atoms with E-state index in [-0.39, 0.29) is 11.8 Å². The van der Waals surface area contributed by atoms with Crippen molar-refractivity contribution in [2.45, 2.75) is 25.7 Å². The lowest BCUT2D eigenvalue weighted by molar-refractivity contribution is -0.142. The summed E-state index contributed by atoms with van der Waals surface area (Å²) in [6, 6.07) is 7.58. The number of anilines is 1. The number of nitrogens with zero attached hydrogens (tertiary/aromatic N) is 1. The third-order valence-electron chi connectivity index (χ3n) is 4.50. The van der Waals surface area contributed by atoms with Crippen LogP contribution in [-0.2, 0) is 20.8 Å². The second-order valence-electron chi connectivity index (χ2n) is 6.03. The molecule has 0 radical (unpaired) electrons. The normalized spacial score (nSPS) is 18.2. The molecule has 2 aliphatic heterocycles. The Morgan fingerprint density at radius 2 is 1.87 bits per heavy atom. The maximum absolute atomic E-state index is 12.4. The van der Waals surface area contributed by atoms with Gasteiger partial charge in [-0.15, -0.1) is 0 Å². The van der Waals surface area contributed by atoms with Crippen molar-refractivity contribution in [3.63, 3.8) is 0 Å². The van der Waals surface area contributed by atoms with Gasteiger partial charge >= 0.3 is 11.8 Å². The van der Waals surface area contributed by atoms with Gasteiger partial charge in [0.1, 0.15) is 0 Å². The molecule has 0 atom stereocenters. The summed E-state index contributed by atoms with van der Waals surface area (Å²) in [5, 5.41) is 5.45. The molecule has 0 spiro atoms. The van der Waals surface area contributed by atoms with Crippen LogP contribution in [0.5, 0.6) is 0 Å². The molecule has 1 saturated heterocycles. The van der Waals surface area contributed by atoms with Gasteiger partial charge in [-0.25, -0.2) is 0 Å². The molecule has 0 saturated carbocycles. The summed E-state index contributed by atoms with van der Waals surface area (Å²) in [7, 11) is 0. The maximum Gasteiger partial charge on any atom is 0.316 e. The number of rotatable bonds is 1. The average molecular weight is 315 g/mol. The number of piperidine rings is 1. The Morgan fingerprint density at radius 1 is 1.13 bits per heavy atom. The first-order valence-electron chi connectivity index (χ1n) is 8.12. The van der Waals surface area contributed by atoms with Crippen LogP contribution in [-0.4, -0.2) is 37.4 Å². The molecule has 3 rings (SSSR count). The van der Waals surface area contributed by atoms with Crippen LogP contribution in [0.15, 0.2) is 24.3 Å². The number of fused-ring (bicyclic) bond motifs is 1. The molecule has 1 aromatic rings. The molecule has 3 amide bonds. The molecule has 6 nitrogen and oxygen atoms in total. The lowest BCUT2D eigenvalue weighted by Crippen LogP contribution is -2.49. The number of carbonyl (C=O) groups is 3. The van der Waals surface area contributed by atoms with Crippen molar-refractivity contribution in [3.8, 4) is 0 Å². The van der Waals surface area contributed by atoms with Gasteiger partial charge in [0.05, 0.1) is 0 Å². The summed E-state index contributed by atoms with van der Waals surface area (Å²) in [6.45, 7) is 2.03. The number of carbonyl (C=O) groups excluding carboxylic acids is 3. The fourth-order valence-corrected chi connectivity index (χ4v) is 3.22. The Kier molecular flexibility index (Phi) is 4.71. The number of para-hydroxylation sites is 1. The van der Waals surface area contributed by atoms with E-state index in [9.17, 15) is 14.4 Å². The Hall–Kier alpha value is -2.21. The third-order valence-corrected chi connectivity index (χ3v) is 4.50. The summed E-state index contributed by atoms with van der Waals surface area (Å²) in [4.78, 5) is 38.2. The van der Waals surface area contributed by atoms with E-state index in [1.807, 2.05) is 24.3 Å². The Bertz CT molecular complexity index is 623. The van der Waals surface area contributed by atoms with Crippen LogP contribution in [0.2, 0.25) is 0 Å². The smallest absolute Gasteiger partial charge is 0.316 e. The van der Waals surface area contributed by atoms with Crippen molar-refractivity contribution >= 4 is 23.4 Å². The van der Waals surface area contributed by atoms with Crippen LogP contribution < -0.4 is 15.5 Å².